The quantitative estimate of drug-likeness (QED) is 0.312. The Balaban J connectivity index is 0.00000363. The maximum absolute atomic E-state index is 13.8. The maximum atomic E-state index is 13.8. The van der Waals surface area contributed by atoms with Crippen molar-refractivity contribution in [2.75, 3.05) is 13.1 Å². The number of aliphatic imine (C=N–C) groups is 1. The first-order chi connectivity index (χ1) is 14.7. The van der Waals surface area contributed by atoms with E-state index in [4.69, 9.17) is 4.74 Å². The van der Waals surface area contributed by atoms with Gasteiger partial charge in [0.15, 0.2) is 5.96 Å². The topological polar surface area (TPSA) is 66.0 Å². The van der Waals surface area contributed by atoms with Gasteiger partial charge in [-0.1, -0.05) is 6.07 Å². The number of hydrogen-bond donors (Lipinski definition) is 2. The Morgan fingerprint density at radius 1 is 1.22 bits per heavy atom. The fourth-order valence-electron chi connectivity index (χ4n) is 4.43. The standard InChI is InChI=1S/C23H34F2N4O2.HI/c1-5-26-21(27-11-10-15-6-7-16(24)12-20(15)25)28-17-13-18-8-9-19(14-17)29(18)22(30)31-23(2,3)4;/h6-7,12,17-19H,5,8-11,13-14H2,1-4H3,(H2,26,27,28);1H. The molecular formula is C23H35F2IN4O2. The van der Waals surface area contributed by atoms with Crippen LogP contribution in [0.4, 0.5) is 13.6 Å². The van der Waals surface area contributed by atoms with Crippen LogP contribution in [0, 0.1) is 11.6 Å². The van der Waals surface area contributed by atoms with E-state index in [1.165, 1.54) is 12.1 Å². The fraction of sp³-hybridized carbons (Fsp3) is 0.652. The molecule has 2 heterocycles. The molecule has 9 heteroatoms. The van der Waals surface area contributed by atoms with Crippen molar-refractivity contribution in [2.45, 2.75) is 83.5 Å². The van der Waals surface area contributed by atoms with Gasteiger partial charge in [0.1, 0.15) is 17.2 Å². The molecule has 1 aromatic rings. The third-order valence-corrected chi connectivity index (χ3v) is 5.69. The molecule has 2 aliphatic heterocycles. The Morgan fingerprint density at radius 3 is 2.44 bits per heavy atom. The van der Waals surface area contributed by atoms with Gasteiger partial charge in [-0.05, 0) is 71.4 Å². The Bertz CT molecular complexity index is 802. The summed E-state index contributed by atoms with van der Waals surface area (Å²) in [7, 11) is 0. The Hall–Kier alpha value is -1.65. The molecule has 2 aliphatic rings. The molecular weight excluding hydrogens is 529 g/mol. The minimum Gasteiger partial charge on any atom is -0.444 e. The highest BCUT2D eigenvalue weighted by Gasteiger charge is 2.45. The van der Waals surface area contributed by atoms with Crippen molar-refractivity contribution >= 4 is 36.0 Å². The van der Waals surface area contributed by atoms with Gasteiger partial charge >= 0.3 is 6.09 Å². The molecule has 0 radical (unpaired) electrons. The maximum Gasteiger partial charge on any atom is 0.410 e. The van der Waals surface area contributed by atoms with Crippen LogP contribution in [0.3, 0.4) is 0 Å². The normalized spacial score (nSPS) is 22.9. The molecule has 2 unspecified atom stereocenters. The number of piperidine rings is 1. The summed E-state index contributed by atoms with van der Waals surface area (Å²) in [5, 5.41) is 6.72. The van der Waals surface area contributed by atoms with Gasteiger partial charge in [0, 0.05) is 37.3 Å². The summed E-state index contributed by atoms with van der Waals surface area (Å²) in [4.78, 5) is 19.1. The second-order valence-electron chi connectivity index (χ2n) is 9.33. The predicted molar refractivity (Wildman–Crippen MR) is 132 cm³/mol. The summed E-state index contributed by atoms with van der Waals surface area (Å²) in [6, 6.07) is 4.17. The number of amides is 1. The average molecular weight is 564 g/mol. The zero-order valence-corrected chi connectivity index (χ0v) is 21.6. The lowest BCUT2D eigenvalue weighted by Gasteiger charge is -2.40. The molecule has 0 saturated carbocycles. The number of nitrogens with one attached hydrogen (secondary N) is 2. The lowest BCUT2D eigenvalue weighted by atomic mass is 9.98. The summed E-state index contributed by atoms with van der Waals surface area (Å²) >= 11 is 0. The fourth-order valence-corrected chi connectivity index (χ4v) is 4.43. The van der Waals surface area contributed by atoms with Crippen LogP contribution in [0.1, 0.15) is 58.9 Å². The number of nitrogens with zero attached hydrogens (tertiary/aromatic N) is 2. The molecule has 2 atom stereocenters. The molecule has 2 saturated heterocycles. The number of halogens is 3. The van der Waals surface area contributed by atoms with Crippen molar-refractivity contribution in [2.24, 2.45) is 4.99 Å². The smallest absolute Gasteiger partial charge is 0.410 e. The van der Waals surface area contributed by atoms with Crippen molar-refractivity contribution in [1.82, 2.24) is 15.5 Å². The van der Waals surface area contributed by atoms with Gasteiger partial charge in [-0.25, -0.2) is 13.6 Å². The van der Waals surface area contributed by atoms with E-state index in [9.17, 15) is 13.6 Å². The molecule has 1 aromatic carbocycles. The summed E-state index contributed by atoms with van der Waals surface area (Å²) in [5.74, 6) is -0.438. The van der Waals surface area contributed by atoms with Gasteiger partial charge in [0.25, 0.3) is 0 Å². The van der Waals surface area contributed by atoms with Gasteiger partial charge in [-0.15, -0.1) is 24.0 Å². The lowest BCUT2D eigenvalue weighted by Crippen LogP contribution is -2.55. The Labute approximate surface area is 206 Å². The van der Waals surface area contributed by atoms with Crippen LogP contribution in [-0.2, 0) is 11.2 Å². The second kappa shape index (κ2) is 11.5. The minimum absolute atomic E-state index is 0. The van der Waals surface area contributed by atoms with E-state index in [0.29, 0.717) is 31.0 Å². The zero-order valence-electron chi connectivity index (χ0n) is 19.3. The van der Waals surface area contributed by atoms with Crippen molar-refractivity contribution in [1.29, 1.82) is 0 Å². The molecule has 32 heavy (non-hydrogen) atoms. The van der Waals surface area contributed by atoms with E-state index in [2.05, 4.69) is 15.6 Å². The van der Waals surface area contributed by atoms with E-state index in [0.717, 1.165) is 31.7 Å². The number of guanidine groups is 1. The highest BCUT2D eigenvalue weighted by Crippen LogP contribution is 2.36. The second-order valence-corrected chi connectivity index (χ2v) is 9.33. The first-order valence-electron chi connectivity index (χ1n) is 11.2. The predicted octanol–water partition coefficient (Wildman–Crippen LogP) is 4.61. The number of hydrogen-bond acceptors (Lipinski definition) is 3. The number of benzene rings is 1. The molecule has 180 valence electrons. The highest BCUT2D eigenvalue weighted by atomic mass is 127. The highest BCUT2D eigenvalue weighted by molar-refractivity contribution is 14.0. The van der Waals surface area contributed by atoms with Gasteiger partial charge < -0.3 is 20.3 Å². The Kier molecular flexibility index (Phi) is 9.53. The molecule has 3 rings (SSSR count). The number of carbonyl (C=O) groups excluding carboxylic acids is 1. The van der Waals surface area contributed by atoms with Crippen LogP contribution in [0.15, 0.2) is 23.2 Å². The third kappa shape index (κ3) is 7.18. The van der Waals surface area contributed by atoms with Crippen LogP contribution in [0.2, 0.25) is 0 Å². The largest absolute Gasteiger partial charge is 0.444 e. The van der Waals surface area contributed by atoms with E-state index in [-0.39, 0.29) is 48.2 Å². The molecule has 2 bridgehead atoms. The minimum atomic E-state index is -0.577. The van der Waals surface area contributed by atoms with Crippen LogP contribution >= 0.6 is 24.0 Å². The molecule has 2 fully saturated rings. The van der Waals surface area contributed by atoms with E-state index in [1.807, 2.05) is 32.6 Å². The third-order valence-electron chi connectivity index (χ3n) is 5.69. The monoisotopic (exact) mass is 564 g/mol. The van der Waals surface area contributed by atoms with Gasteiger partial charge in [0.05, 0.1) is 0 Å². The molecule has 0 spiro atoms. The van der Waals surface area contributed by atoms with Gasteiger partial charge in [0.2, 0.25) is 0 Å². The first-order valence-corrected chi connectivity index (χ1v) is 11.2. The first kappa shape index (κ1) is 26.6. The Morgan fingerprint density at radius 2 is 1.88 bits per heavy atom. The van der Waals surface area contributed by atoms with E-state index in [1.54, 1.807) is 0 Å². The molecule has 6 nitrogen and oxygen atoms in total. The van der Waals surface area contributed by atoms with Crippen molar-refractivity contribution in [3.05, 3.63) is 35.4 Å². The van der Waals surface area contributed by atoms with Crippen molar-refractivity contribution in [3.8, 4) is 0 Å². The van der Waals surface area contributed by atoms with Crippen molar-refractivity contribution in [3.63, 3.8) is 0 Å². The van der Waals surface area contributed by atoms with Crippen LogP contribution in [0.25, 0.3) is 0 Å². The zero-order chi connectivity index (χ0) is 22.6. The van der Waals surface area contributed by atoms with E-state index < -0.39 is 17.2 Å². The van der Waals surface area contributed by atoms with Gasteiger partial charge in [-0.2, -0.15) is 0 Å². The van der Waals surface area contributed by atoms with Crippen LogP contribution in [-0.4, -0.2) is 53.8 Å². The van der Waals surface area contributed by atoms with Crippen LogP contribution < -0.4 is 10.6 Å². The van der Waals surface area contributed by atoms with E-state index >= 15 is 0 Å². The van der Waals surface area contributed by atoms with Crippen molar-refractivity contribution < 1.29 is 18.3 Å². The molecule has 2 N–H and O–H groups in total. The summed E-state index contributed by atoms with van der Waals surface area (Å²) in [5.41, 5.74) is -0.0507. The molecule has 0 aromatic heterocycles. The molecule has 1 amide bonds. The number of fused-ring (bicyclic) bond motifs is 2. The summed E-state index contributed by atoms with van der Waals surface area (Å²) in [6.45, 7) is 8.75. The average Bonchev–Trinajstić information content (AvgIpc) is 2.93. The summed E-state index contributed by atoms with van der Waals surface area (Å²) < 4.78 is 32.5. The SMILES string of the molecule is CCNC(=NCCc1ccc(F)cc1F)NC1CC2CCC(C1)N2C(=O)OC(C)(C)C.I. The number of ether oxygens (including phenoxy) is 1. The molecule has 0 aliphatic carbocycles. The lowest BCUT2D eigenvalue weighted by molar-refractivity contribution is 0.00545. The van der Waals surface area contributed by atoms with Gasteiger partial charge in [-0.3, -0.25) is 4.99 Å². The van der Waals surface area contributed by atoms with Crippen LogP contribution in [0.5, 0.6) is 0 Å². The number of rotatable bonds is 5. The number of carbonyl (C=O) groups is 1. The summed E-state index contributed by atoms with van der Waals surface area (Å²) in [6.07, 6.45) is 3.82.